The molecule has 8 heteroatoms. The van der Waals surface area contributed by atoms with Gasteiger partial charge in [0.25, 0.3) is 0 Å². The summed E-state index contributed by atoms with van der Waals surface area (Å²) in [4.78, 5) is 12.7. The Morgan fingerprint density at radius 1 is 1.23 bits per heavy atom. The van der Waals surface area contributed by atoms with Crippen LogP contribution in [0.5, 0.6) is 0 Å². The zero-order valence-corrected chi connectivity index (χ0v) is 23.2. The van der Waals surface area contributed by atoms with Crippen LogP contribution in [0.4, 0.5) is 4.39 Å². The fraction of sp³-hybridized carbons (Fsp3) is 0.581. The molecule has 0 aromatic carbocycles. The number of nitrogens with zero attached hydrogens (tertiary/aromatic N) is 3. The highest BCUT2D eigenvalue weighted by molar-refractivity contribution is 5.83. The zero-order valence-electron chi connectivity index (χ0n) is 23.2. The Bertz CT molecular complexity index is 1190. The van der Waals surface area contributed by atoms with Crippen LogP contribution in [0.15, 0.2) is 65.0 Å². The summed E-state index contributed by atoms with van der Waals surface area (Å²) in [7, 11) is 1.69. The molecule has 5 rings (SSSR count). The summed E-state index contributed by atoms with van der Waals surface area (Å²) >= 11 is 0. The lowest BCUT2D eigenvalue weighted by molar-refractivity contribution is -0.125. The van der Waals surface area contributed by atoms with Crippen molar-refractivity contribution >= 4 is 5.91 Å². The average molecular weight is 537 g/mol. The molecule has 1 fully saturated rings. The molecule has 4 aliphatic rings. The fourth-order valence-electron chi connectivity index (χ4n) is 5.73. The first kappa shape index (κ1) is 27.6. The van der Waals surface area contributed by atoms with Crippen LogP contribution in [0.2, 0.25) is 0 Å². The van der Waals surface area contributed by atoms with Gasteiger partial charge in [0, 0.05) is 19.6 Å². The standard InChI is InChI=1S/C31H41FN4O3/c1-3-22(23-9-6-12-27(32)29(17-23)39-20-21-14-15-21)19-36-26(18-33-35-36)11-5-4-8-25-16-24-10-7-13-28(38-2)30(24)34-31(25)37/h6-7,10,12,17-18,21-22,25,28H,3-5,8-9,11,13-16,19-20H2,1-2H3,(H,34,37). The molecule has 1 N–H and O–H groups in total. The van der Waals surface area contributed by atoms with Gasteiger partial charge in [-0.2, -0.15) is 0 Å². The van der Waals surface area contributed by atoms with E-state index in [1.54, 1.807) is 7.11 Å². The monoisotopic (exact) mass is 536 g/mol. The predicted octanol–water partition coefficient (Wildman–Crippen LogP) is 5.88. The zero-order chi connectivity index (χ0) is 27.2. The number of hydrogen-bond donors (Lipinski definition) is 1. The van der Waals surface area contributed by atoms with Crippen LogP contribution in [0.3, 0.4) is 0 Å². The lowest BCUT2D eigenvalue weighted by Crippen LogP contribution is -2.41. The van der Waals surface area contributed by atoms with E-state index in [2.05, 4.69) is 34.7 Å². The second-order valence-electron chi connectivity index (χ2n) is 11.2. The molecular weight excluding hydrogens is 495 g/mol. The Hall–Kier alpha value is -3.00. The minimum atomic E-state index is -0.292. The molecule has 210 valence electrons. The molecule has 1 saturated carbocycles. The second-order valence-corrected chi connectivity index (χ2v) is 11.2. The summed E-state index contributed by atoms with van der Waals surface area (Å²) < 4.78 is 27.9. The number of amides is 1. The maximum atomic E-state index is 14.6. The molecule has 1 aromatic rings. The van der Waals surface area contributed by atoms with Crippen molar-refractivity contribution < 1.29 is 18.7 Å². The lowest BCUT2D eigenvalue weighted by Gasteiger charge is -2.32. The van der Waals surface area contributed by atoms with Crippen molar-refractivity contribution in [1.29, 1.82) is 0 Å². The maximum absolute atomic E-state index is 14.6. The molecule has 1 aliphatic heterocycles. The van der Waals surface area contributed by atoms with Crippen molar-refractivity contribution in [1.82, 2.24) is 20.3 Å². The summed E-state index contributed by atoms with van der Waals surface area (Å²) in [6.45, 7) is 3.46. The van der Waals surface area contributed by atoms with Crippen molar-refractivity contribution in [2.24, 2.45) is 17.8 Å². The summed E-state index contributed by atoms with van der Waals surface area (Å²) in [5.74, 6) is 0.964. The van der Waals surface area contributed by atoms with Crippen LogP contribution in [-0.2, 0) is 27.2 Å². The van der Waals surface area contributed by atoms with Gasteiger partial charge in [0.05, 0.1) is 24.2 Å². The summed E-state index contributed by atoms with van der Waals surface area (Å²) in [6.07, 6.45) is 20.6. The Balaban J connectivity index is 1.14. The number of allylic oxidation sites excluding steroid dienone is 7. The Morgan fingerprint density at radius 2 is 2.10 bits per heavy atom. The molecular formula is C31H41FN4O3. The number of nitrogens with one attached hydrogen (secondary N) is 1. The molecule has 0 radical (unpaired) electrons. The molecule has 3 aliphatic carbocycles. The molecule has 0 bridgehead atoms. The number of ether oxygens (including phenoxy) is 2. The first-order chi connectivity index (χ1) is 19.1. The Kier molecular flexibility index (Phi) is 9.12. The highest BCUT2D eigenvalue weighted by Crippen LogP contribution is 2.33. The SMILES string of the molecule is CCC(Cn1nncc1CCCCC1CC2=C(NC1=O)C(OC)CC=C2)C1=CC(OCC2CC2)=C(F)C=CC1. The van der Waals surface area contributed by atoms with E-state index < -0.39 is 0 Å². The topological polar surface area (TPSA) is 78.3 Å². The van der Waals surface area contributed by atoms with Crippen molar-refractivity contribution in [3.8, 4) is 0 Å². The van der Waals surface area contributed by atoms with Crippen LogP contribution in [0, 0.1) is 17.8 Å². The van der Waals surface area contributed by atoms with Gasteiger partial charge in [-0.15, -0.1) is 5.10 Å². The van der Waals surface area contributed by atoms with E-state index >= 15 is 0 Å². The molecule has 39 heavy (non-hydrogen) atoms. The number of carbonyl (C=O) groups is 1. The van der Waals surface area contributed by atoms with Crippen molar-refractivity contribution in [3.05, 3.63) is 70.7 Å². The van der Waals surface area contributed by atoms with Crippen LogP contribution < -0.4 is 5.32 Å². The summed E-state index contributed by atoms with van der Waals surface area (Å²) in [5.41, 5.74) is 4.41. The third kappa shape index (κ3) is 6.96. The molecule has 1 amide bonds. The smallest absolute Gasteiger partial charge is 0.227 e. The average Bonchev–Trinajstić information content (AvgIpc) is 3.70. The molecule has 3 atom stereocenters. The normalized spacial score (nSPS) is 23.9. The van der Waals surface area contributed by atoms with E-state index in [0.29, 0.717) is 31.2 Å². The number of unbranched alkanes of at least 4 members (excludes halogenated alkanes) is 1. The summed E-state index contributed by atoms with van der Waals surface area (Å²) in [5, 5.41) is 11.7. The molecule has 0 spiro atoms. The van der Waals surface area contributed by atoms with Gasteiger partial charge in [0.2, 0.25) is 5.91 Å². The highest BCUT2D eigenvalue weighted by atomic mass is 19.1. The van der Waals surface area contributed by atoms with Gasteiger partial charge >= 0.3 is 0 Å². The van der Waals surface area contributed by atoms with Gasteiger partial charge in [-0.1, -0.05) is 42.4 Å². The van der Waals surface area contributed by atoms with Gasteiger partial charge < -0.3 is 14.8 Å². The Labute approximate surface area is 230 Å². The van der Waals surface area contributed by atoms with Crippen molar-refractivity contribution in [2.45, 2.75) is 83.8 Å². The number of halogens is 1. The number of aryl methyl sites for hydroxylation is 1. The van der Waals surface area contributed by atoms with Gasteiger partial charge in [-0.3, -0.25) is 4.79 Å². The second kappa shape index (κ2) is 12.9. The van der Waals surface area contributed by atoms with Gasteiger partial charge in [0.1, 0.15) is 6.10 Å². The van der Waals surface area contributed by atoms with Crippen LogP contribution in [0.1, 0.15) is 70.4 Å². The first-order valence-electron chi connectivity index (χ1n) is 14.6. The maximum Gasteiger partial charge on any atom is 0.227 e. The van der Waals surface area contributed by atoms with Crippen molar-refractivity contribution in [3.63, 3.8) is 0 Å². The molecule has 7 nitrogen and oxygen atoms in total. The fourth-order valence-corrected chi connectivity index (χ4v) is 5.73. The number of hydrogen-bond acceptors (Lipinski definition) is 5. The van der Waals surface area contributed by atoms with Crippen LogP contribution >= 0.6 is 0 Å². The third-order valence-electron chi connectivity index (χ3n) is 8.40. The van der Waals surface area contributed by atoms with E-state index in [9.17, 15) is 9.18 Å². The number of rotatable bonds is 13. The summed E-state index contributed by atoms with van der Waals surface area (Å²) in [6, 6.07) is 0. The predicted molar refractivity (Wildman–Crippen MR) is 148 cm³/mol. The molecule has 2 heterocycles. The minimum absolute atomic E-state index is 0.00322. The van der Waals surface area contributed by atoms with E-state index in [4.69, 9.17) is 9.47 Å². The van der Waals surface area contributed by atoms with E-state index in [0.717, 1.165) is 61.9 Å². The highest BCUT2D eigenvalue weighted by Gasteiger charge is 2.31. The molecule has 1 aromatic heterocycles. The van der Waals surface area contributed by atoms with Crippen molar-refractivity contribution in [2.75, 3.05) is 13.7 Å². The van der Waals surface area contributed by atoms with E-state index in [1.807, 2.05) is 23.0 Å². The van der Waals surface area contributed by atoms with Gasteiger partial charge in [0.15, 0.2) is 11.6 Å². The van der Waals surface area contributed by atoms with Crippen LogP contribution in [0.25, 0.3) is 0 Å². The lowest BCUT2D eigenvalue weighted by atomic mass is 9.85. The third-order valence-corrected chi connectivity index (χ3v) is 8.40. The van der Waals surface area contributed by atoms with E-state index in [-0.39, 0.29) is 29.7 Å². The van der Waals surface area contributed by atoms with E-state index in [1.165, 1.54) is 24.5 Å². The molecule has 0 saturated heterocycles. The Morgan fingerprint density at radius 3 is 2.90 bits per heavy atom. The quantitative estimate of drug-likeness (QED) is 0.319. The minimum Gasteiger partial charge on any atom is -0.490 e. The van der Waals surface area contributed by atoms with Gasteiger partial charge in [-0.05, 0) is 87.3 Å². The number of aromatic nitrogens is 3. The number of methoxy groups -OCH3 is 1. The van der Waals surface area contributed by atoms with Gasteiger partial charge in [-0.25, -0.2) is 9.07 Å². The van der Waals surface area contributed by atoms with Crippen LogP contribution in [-0.4, -0.2) is 40.7 Å². The first-order valence-corrected chi connectivity index (χ1v) is 14.6. The number of carbonyl (C=O) groups excluding carboxylic acids is 1. The largest absolute Gasteiger partial charge is 0.490 e. The molecule has 3 unspecified atom stereocenters.